The molecule has 2 aromatic carbocycles. The van der Waals surface area contributed by atoms with Gasteiger partial charge in [0.15, 0.2) is 5.78 Å². The fourth-order valence-electron chi connectivity index (χ4n) is 5.35. The highest BCUT2D eigenvalue weighted by Gasteiger charge is 2.37. The predicted octanol–water partition coefficient (Wildman–Crippen LogP) is 4.07. The van der Waals surface area contributed by atoms with E-state index in [2.05, 4.69) is 5.16 Å². The van der Waals surface area contributed by atoms with Crippen molar-refractivity contribution >= 4 is 11.7 Å². The lowest BCUT2D eigenvalue weighted by molar-refractivity contribution is -0.140. The molecule has 1 atom stereocenters. The number of aromatic amines is 1. The summed E-state index contributed by atoms with van der Waals surface area (Å²) in [4.78, 5) is 40.1. The van der Waals surface area contributed by atoms with Gasteiger partial charge in [0.25, 0.3) is 5.56 Å². The van der Waals surface area contributed by atoms with Crippen molar-refractivity contribution in [2.45, 2.75) is 51.5 Å². The summed E-state index contributed by atoms with van der Waals surface area (Å²) in [5, 5.41) is 2.15. The Morgan fingerprint density at radius 1 is 1.10 bits per heavy atom. The Kier molecular flexibility index (Phi) is 9.95. The van der Waals surface area contributed by atoms with Crippen LogP contribution in [0.5, 0.6) is 5.75 Å². The van der Waals surface area contributed by atoms with Gasteiger partial charge in [-0.1, -0.05) is 19.9 Å². The minimum Gasteiger partial charge on any atom is -0.494 e. The molecule has 1 aliphatic heterocycles. The second-order valence-corrected chi connectivity index (χ2v) is 10.9. The van der Waals surface area contributed by atoms with Crippen LogP contribution in [-0.4, -0.2) is 61.8 Å². The minimum absolute atomic E-state index is 0.0728. The number of ketones is 1. The Bertz CT molecular complexity index is 1460. The van der Waals surface area contributed by atoms with Crippen LogP contribution in [0.3, 0.4) is 0 Å². The first-order chi connectivity index (χ1) is 20.0. The monoisotopic (exact) mass is 586 g/mol. The molecule has 0 unspecified atom stereocenters. The summed E-state index contributed by atoms with van der Waals surface area (Å²) in [6.07, 6.45) is -0.0596. The fourth-order valence-corrected chi connectivity index (χ4v) is 5.35. The molecule has 0 aliphatic carbocycles. The first-order valence-corrected chi connectivity index (χ1v) is 13.8. The molecule has 226 valence electrons. The van der Waals surface area contributed by atoms with Crippen LogP contribution in [0.2, 0.25) is 0 Å². The second kappa shape index (κ2) is 13.4. The van der Waals surface area contributed by atoms with Crippen molar-refractivity contribution in [1.82, 2.24) is 10.1 Å². The van der Waals surface area contributed by atoms with Crippen molar-refractivity contribution in [3.05, 3.63) is 86.4 Å². The number of aromatic nitrogens is 1. The van der Waals surface area contributed by atoms with Crippen LogP contribution in [-0.2, 0) is 43.7 Å². The van der Waals surface area contributed by atoms with E-state index in [1.807, 2.05) is 13.0 Å². The summed E-state index contributed by atoms with van der Waals surface area (Å²) in [7, 11) is 1.54. The number of hydrogen-bond acceptors (Lipinski definition) is 7. The lowest BCUT2D eigenvalue weighted by atomic mass is 9.83. The molecule has 9 nitrogen and oxygen atoms in total. The molecule has 1 amide bonds. The third-order valence-corrected chi connectivity index (χ3v) is 7.23. The molecule has 0 saturated carbocycles. The number of H-pyrrole nitrogens is 1. The number of ether oxygens (including phenoxy) is 3. The molecule has 11 heteroatoms. The summed E-state index contributed by atoms with van der Waals surface area (Å²) in [6.45, 7) is 6.64. The standard InChI is InChI=1S/C31H36F2N2O7/c1-5-41-21-6-7-23-20(15-21)8-9-35(28(38)17-22-16-27(37)34-42-22)30(23)26(36)14-19-12-24(32)29(25(33)13-19)31(2,3)18-40-11-10-39-4/h6-7,12-13,15-16,30H,5,8-11,14,17-18H2,1-4H3,(H,34,37)/t30-/m1/s1. The second-order valence-electron chi connectivity index (χ2n) is 10.9. The molecule has 0 bridgehead atoms. The first kappa shape index (κ1) is 31.1. The summed E-state index contributed by atoms with van der Waals surface area (Å²) >= 11 is 0. The number of hydrogen-bond donors (Lipinski definition) is 1. The molecule has 2 heterocycles. The number of carbonyl (C=O) groups is 2. The SMILES string of the molecule is CCOc1ccc2c(c1)CCN(C(=O)Cc1cc(=O)[nH]o1)[C@H]2C(=O)Cc1cc(F)c(C(C)(C)COCCOC)c(F)c1. The van der Waals surface area contributed by atoms with Crippen molar-refractivity contribution in [1.29, 1.82) is 0 Å². The quantitative estimate of drug-likeness (QED) is 0.301. The van der Waals surface area contributed by atoms with Crippen LogP contribution in [0.1, 0.15) is 54.8 Å². The maximum Gasteiger partial charge on any atom is 0.280 e. The van der Waals surface area contributed by atoms with Crippen LogP contribution < -0.4 is 10.3 Å². The number of carbonyl (C=O) groups excluding carboxylic acids is 2. The number of nitrogens with one attached hydrogen (secondary N) is 1. The van der Waals surface area contributed by atoms with Crippen LogP contribution in [0.25, 0.3) is 0 Å². The number of amides is 1. The number of methoxy groups -OCH3 is 1. The maximum absolute atomic E-state index is 15.3. The van der Waals surface area contributed by atoms with E-state index in [1.54, 1.807) is 26.0 Å². The maximum atomic E-state index is 15.3. The van der Waals surface area contributed by atoms with Gasteiger partial charge in [0, 0.05) is 37.1 Å². The predicted molar refractivity (Wildman–Crippen MR) is 150 cm³/mol. The molecule has 0 saturated heterocycles. The highest BCUT2D eigenvalue weighted by atomic mass is 19.1. The topological polar surface area (TPSA) is 111 Å². The number of fused-ring (bicyclic) bond motifs is 1. The molecule has 0 spiro atoms. The summed E-state index contributed by atoms with van der Waals surface area (Å²) < 4.78 is 51.8. The molecule has 1 aliphatic rings. The molecule has 3 aromatic rings. The number of nitrogens with zero attached hydrogens (tertiary/aromatic N) is 1. The van der Waals surface area contributed by atoms with Crippen LogP contribution in [0.4, 0.5) is 8.78 Å². The highest BCUT2D eigenvalue weighted by Crippen LogP contribution is 2.35. The molecule has 0 radical (unpaired) electrons. The minimum atomic E-state index is -1.00. The average molecular weight is 587 g/mol. The number of rotatable bonds is 13. The van der Waals surface area contributed by atoms with Gasteiger partial charge in [-0.3, -0.25) is 14.4 Å². The lowest BCUT2D eigenvalue weighted by Crippen LogP contribution is -2.44. The van der Waals surface area contributed by atoms with Crippen molar-refractivity contribution in [2.75, 3.05) is 40.1 Å². The molecule has 1 N–H and O–H groups in total. The van der Waals surface area contributed by atoms with E-state index in [0.717, 1.165) is 17.7 Å². The summed E-state index contributed by atoms with van der Waals surface area (Å²) in [5.74, 6) is -1.60. The van der Waals surface area contributed by atoms with Crippen LogP contribution >= 0.6 is 0 Å². The fraction of sp³-hybridized carbons (Fsp3) is 0.452. The Morgan fingerprint density at radius 3 is 2.48 bits per heavy atom. The van der Waals surface area contributed by atoms with Gasteiger partial charge in [-0.2, -0.15) is 5.16 Å². The summed E-state index contributed by atoms with van der Waals surface area (Å²) in [5.41, 5.74) is 0.0333. The van der Waals surface area contributed by atoms with E-state index in [1.165, 1.54) is 18.1 Å². The van der Waals surface area contributed by atoms with Gasteiger partial charge >= 0.3 is 0 Å². The zero-order chi connectivity index (χ0) is 30.4. The van der Waals surface area contributed by atoms with Gasteiger partial charge in [0.2, 0.25) is 5.91 Å². The highest BCUT2D eigenvalue weighted by molar-refractivity contribution is 5.92. The zero-order valence-corrected chi connectivity index (χ0v) is 24.3. The van der Waals surface area contributed by atoms with Gasteiger partial charge < -0.3 is 23.6 Å². The molecule has 1 aromatic heterocycles. The average Bonchev–Trinajstić information content (AvgIpc) is 3.34. The third kappa shape index (κ3) is 7.14. The normalized spacial score (nSPS) is 15.0. The first-order valence-electron chi connectivity index (χ1n) is 13.8. The largest absolute Gasteiger partial charge is 0.494 e. The van der Waals surface area contributed by atoms with Crippen molar-refractivity contribution < 1.29 is 37.1 Å². The zero-order valence-electron chi connectivity index (χ0n) is 24.3. The van der Waals surface area contributed by atoms with Gasteiger partial charge in [-0.05, 0) is 54.3 Å². The van der Waals surface area contributed by atoms with E-state index < -0.39 is 40.3 Å². The number of Topliss-reactive ketones (excluding diaryl/α,β-unsaturated/α-hetero) is 1. The smallest absolute Gasteiger partial charge is 0.280 e. The molecular formula is C31H36F2N2O7. The number of benzene rings is 2. The number of halogens is 2. The van der Waals surface area contributed by atoms with E-state index in [-0.39, 0.29) is 49.5 Å². The molecule has 0 fully saturated rings. The van der Waals surface area contributed by atoms with Crippen LogP contribution in [0, 0.1) is 11.6 Å². The third-order valence-electron chi connectivity index (χ3n) is 7.23. The Morgan fingerprint density at radius 2 is 1.83 bits per heavy atom. The van der Waals surface area contributed by atoms with Gasteiger partial charge in [0.05, 0.1) is 32.8 Å². The van der Waals surface area contributed by atoms with Crippen LogP contribution in [0.15, 0.2) is 45.7 Å². The van der Waals surface area contributed by atoms with E-state index in [9.17, 15) is 14.4 Å². The molecule has 42 heavy (non-hydrogen) atoms. The Hall–Kier alpha value is -3.83. The van der Waals surface area contributed by atoms with Crippen molar-refractivity contribution in [3.8, 4) is 5.75 Å². The Labute approximate surface area is 242 Å². The molecular weight excluding hydrogens is 550 g/mol. The Balaban J connectivity index is 1.61. The van der Waals surface area contributed by atoms with Crippen molar-refractivity contribution in [3.63, 3.8) is 0 Å². The van der Waals surface area contributed by atoms with Gasteiger partial charge in [-0.15, -0.1) is 0 Å². The molecule has 4 rings (SSSR count). The van der Waals surface area contributed by atoms with E-state index >= 15 is 8.78 Å². The van der Waals surface area contributed by atoms with Gasteiger partial charge in [0.1, 0.15) is 29.2 Å². The summed E-state index contributed by atoms with van der Waals surface area (Å²) in [6, 6.07) is 7.82. The van der Waals surface area contributed by atoms with Crippen molar-refractivity contribution in [2.24, 2.45) is 0 Å². The van der Waals surface area contributed by atoms with Gasteiger partial charge in [-0.25, -0.2) is 8.78 Å². The van der Waals surface area contributed by atoms with E-state index in [0.29, 0.717) is 30.9 Å². The van der Waals surface area contributed by atoms with E-state index in [4.69, 9.17) is 18.7 Å². The lowest BCUT2D eigenvalue weighted by Gasteiger charge is -2.36.